The maximum atomic E-state index is 12.6. The van der Waals surface area contributed by atoms with Crippen molar-refractivity contribution in [1.82, 2.24) is 4.98 Å². The molecule has 3 aromatic rings. The molecule has 1 N–H and O–H groups in total. The van der Waals surface area contributed by atoms with Gasteiger partial charge in [-0.2, -0.15) is 0 Å². The number of para-hydroxylation sites is 1. The van der Waals surface area contributed by atoms with E-state index < -0.39 is 0 Å². The lowest BCUT2D eigenvalue weighted by molar-refractivity contribution is -0.116. The lowest BCUT2D eigenvalue weighted by Crippen LogP contribution is -2.37. The molecule has 0 spiro atoms. The van der Waals surface area contributed by atoms with Gasteiger partial charge in [0.15, 0.2) is 11.7 Å². The number of morpholine rings is 1. The predicted molar refractivity (Wildman–Crippen MR) is 118 cm³/mol. The number of benzene rings is 2. The summed E-state index contributed by atoms with van der Waals surface area (Å²) >= 11 is 6.43. The first-order chi connectivity index (χ1) is 14.6. The van der Waals surface area contributed by atoms with Crippen molar-refractivity contribution in [1.29, 1.82) is 0 Å². The molecule has 1 fully saturated rings. The minimum Gasteiger partial charge on any atom is -0.441 e. The summed E-state index contributed by atoms with van der Waals surface area (Å²) in [6.45, 7) is 4.81. The van der Waals surface area contributed by atoms with Crippen molar-refractivity contribution in [2.24, 2.45) is 0 Å². The Morgan fingerprint density at radius 3 is 2.70 bits per heavy atom. The number of nitrogens with one attached hydrogen (secondary N) is 1. The molecule has 30 heavy (non-hydrogen) atoms. The third-order valence-corrected chi connectivity index (χ3v) is 5.35. The van der Waals surface area contributed by atoms with Crippen LogP contribution in [-0.4, -0.2) is 37.2 Å². The first-order valence-corrected chi connectivity index (χ1v) is 10.4. The highest BCUT2D eigenvalue weighted by atomic mass is 35.5. The number of ether oxygens (including phenoxy) is 1. The molecule has 1 aliphatic heterocycles. The smallest absolute Gasteiger partial charge is 0.224 e. The van der Waals surface area contributed by atoms with Crippen LogP contribution in [0, 0.1) is 6.92 Å². The van der Waals surface area contributed by atoms with E-state index in [1.807, 2.05) is 49.4 Å². The van der Waals surface area contributed by atoms with Gasteiger partial charge < -0.3 is 19.4 Å². The third-order valence-electron chi connectivity index (χ3n) is 5.04. The van der Waals surface area contributed by atoms with Gasteiger partial charge in [0.25, 0.3) is 0 Å². The van der Waals surface area contributed by atoms with Gasteiger partial charge >= 0.3 is 0 Å². The van der Waals surface area contributed by atoms with Gasteiger partial charge in [-0.3, -0.25) is 4.79 Å². The Morgan fingerprint density at radius 1 is 1.17 bits per heavy atom. The number of carbonyl (C=O) groups excluding carboxylic acids is 1. The van der Waals surface area contributed by atoms with E-state index >= 15 is 0 Å². The molecule has 0 radical (unpaired) electrons. The van der Waals surface area contributed by atoms with Crippen LogP contribution in [0.3, 0.4) is 0 Å². The zero-order valence-electron chi connectivity index (χ0n) is 16.9. The van der Waals surface area contributed by atoms with Crippen LogP contribution in [0.2, 0.25) is 5.02 Å². The van der Waals surface area contributed by atoms with Crippen LogP contribution in [0.1, 0.15) is 17.9 Å². The van der Waals surface area contributed by atoms with Crippen molar-refractivity contribution in [3.8, 4) is 11.3 Å². The second kappa shape index (κ2) is 9.32. The molecule has 1 aromatic heterocycles. The number of oxazole rings is 1. The van der Waals surface area contributed by atoms with Crippen LogP contribution in [0.15, 0.2) is 53.1 Å². The first kappa shape index (κ1) is 20.4. The van der Waals surface area contributed by atoms with Gasteiger partial charge in [0.2, 0.25) is 5.91 Å². The number of aromatic nitrogens is 1. The Morgan fingerprint density at radius 2 is 1.93 bits per heavy atom. The van der Waals surface area contributed by atoms with Crippen LogP contribution in [0.25, 0.3) is 11.3 Å². The number of nitrogens with zero attached hydrogens (tertiary/aromatic N) is 2. The maximum Gasteiger partial charge on any atom is 0.224 e. The molecule has 6 nitrogen and oxygen atoms in total. The number of anilines is 2. The minimum atomic E-state index is -0.109. The van der Waals surface area contributed by atoms with Crippen LogP contribution >= 0.6 is 11.6 Å². The molecule has 0 saturated carbocycles. The topological polar surface area (TPSA) is 67.6 Å². The highest BCUT2D eigenvalue weighted by molar-refractivity contribution is 6.34. The molecule has 0 unspecified atom stereocenters. The van der Waals surface area contributed by atoms with Gasteiger partial charge in [-0.15, -0.1) is 0 Å². The standard InChI is InChI=1S/C23H24ClN3O3/c1-16-5-7-17(8-6-16)20-15-25-22(30-20)10-9-21(28)26-19-4-2-3-18(24)23(19)27-11-13-29-14-12-27/h2-8,15H,9-14H2,1H3,(H,26,28). The van der Waals surface area contributed by atoms with Gasteiger partial charge in [-0.25, -0.2) is 4.98 Å². The summed E-state index contributed by atoms with van der Waals surface area (Å²) in [6.07, 6.45) is 2.39. The zero-order chi connectivity index (χ0) is 20.9. The molecular weight excluding hydrogens is 402 g/mol. The Kier molecular flexibility index (Phi) is 6.35. The average molecular weight is 426 g/mol. The van der Waals surface area contributed by atoms with Crippen molar-refractivity contribution in [3.63, 3.8) is 0 Å². The SMILES string of the molecule is Cc1ccc(-c2cnc(CCC(=O)Nc3cccc(Cl)c3N3CCOCC3)o2)cc1. The second-order valence-electron chi connectivity index (χ2n) is 7.27. The Bertz CT molecular complexity index is 1010. The van der Waals surface area contributed by atoms with E-state index in [0.717, 1.165) is 24.3 Å². The van der Waals surface area contributed by atoms with E-state index in [1.165, 1.54) is 5.56 Å². The monoisotopic (exact) mass is 425 g/mol. The number of halogens is 1. The lowest BCUT2D eigenvalue weighted by atomic mass is 10.1. The number of rotatable bonds is 6. The van der Waals surface area contributed by atoms with Crippen LogP contribution in [-0.2, 0) is 16.0 Å². The number of aryl methyl sites for hydroxylation is 2. The van der Waals surface area contributed by atoms with Gasteiger partial charge in [0.1, 0.15) is 0 Å². The Labute approximate surface area is 180 Å². The van der Waals surface area contributed by atoms with Crippen LogP contribution in [0.4, 0.5) is 11.4 Å². The fourth-order valence-corrected chi connectivity index (χ4v) is 3.73. The van der Waals surface area contributed by atoms with Gasteiger partial charge in [0.05, 0.1) is 35.8 Å². The largest absolute Gasteiger partial charge is 0.441 e. The van der Waals surface area contributed by atoms with E-state index in [4.69, 9.17) is 20.8 Å². The molecule has 2 heterocycles. The summed E-state index contributed by atoms with van der Waals surface area (Å²) in [5.41, 5.74) is 3.71. The molecule has 1 amide bonds. The van der Waals surface area contributed by atoms with Crippen LogP contribution in [0.5, 0.6) is 0 Å². The molecule has 4 rings (SSSR count). The predicted octanol–water partition coefficient (Wildman–Crippen LogP) is 4.71. The maximum absolute atomic E-state index is 12.6. The molecule has 0 bridgehead atoms. The summed E-state index contributed by atoms with van der Waals surface area (Å²) in [6, 6.07) is 13.6. The van der Waals surface area contributed by atoms with E-state index in [9.17, 15) is 4.79 Å². The Hall–Kier alpha value is -2.83. The molecule has 7 heteroatoms. The molecule has 156 valence electrons. The summed E-state index contributed by atoms with van der Waals surface area (Å²) in [5.74, 6) is 1.14. The second-order valence-corrected chi connectivity index (χ2v) is 7.68. The molecule has 1 saturated heterocycles. The van der Waals surface area contributed by atoms with Crippen LogP contribution < -0.4 is 10.2 Å². The number of hydrogen-bond donors (Lipinski definition) is 1. The fraction of sp³-hybridized carbons (Fsp3) is 0.304. The molecule has 0 aliphatic carbocycles. The zero-order valence-corrected chi connectivity index (χ0v) is 17.6. The molecule has 2 aromatic carbocycles. The number of amides is 1. The fourth-order valence-electron chi connectivity index (χ4n) is 3.43. The number of hydrogen-bond acceptors (Lipinski definition) is 5. The number of carbonyl (C=O) groups is 1. The van der Waals surface area contributed by atoms with E-state index in [0.29, 0.717) is 42.0 Å². The van der Waals surface area contributed by atoms with Crippen molar-refractivity contribution < 1.29 is 13.9 Å². The highest BCUT2D eigenvalue weighted by Crippen LogP contribution is 2.34. The van der Waals surface area contributed by atoms with Gasteiger partial charge in [-0.05, 0) is 19.1 Å². The summed E-state index contributed by atoms with van der Waals surface area (Å²) < 4.78 is 11.2. The average Bonchev–Trinajstić information content (AvgIpc) is 3.23. The van der Waals surface area contributed by atoms with Crippen molar-refractivity contribution in [2.75, 3.05) is 36.5 Å². The summed E-state index contributed by atoms with van der Waals surface area (Å²) in [5, 5.41) is 3.60. The summed E-state index contributed by atoms with van der Waals surface area (Å²) in [7, 11) is 0. The van der Waals surface area contributed by atoms with E-state index in [-0.39, 0.29) is 12.3 Å². The Balaban J connectivity index is 1.39. The van der Waals surface area contributed by atoms with Crippen molar-refractivity contribution in [3.05, 3.63) is 65.1 Å². The molecule has 0 atom stereocenters. The molecule has 1 aliphatic rings. The third kappa shape index (κ3) is 4.83. The molecular formula is C23H24ClN3O3. The van der Waals surface area contributed by atoms with E-state index in [1.54, 1.807) is 6.20 Å². The summed E-state index contributed by atoms with van der Waals surface area (Å²) in [4.78, 5) is 19.0. The lowest BCUT2D eigenvalue weighted by Gasteiger charge is -2.31. The normalized spacial score (nSPS) is 14.0. The minimum absolute atomic E-state index is 0.109. The quantitative estimate of drug-likeness (QED) is 0.619. The van der Waals surface area contributed by atoms with Gasteiger partial charge in [0, 0.05) is 31.5 Å². The first-order valence-electron chi connectivity index (χ1n) is 10.0. The van der Waals surface area contributed by atoms with E-state index in [2.05, 4.69) is 15.2 Å². The van der Waals surface area contributed by atoms with Gasteiger partial charge in [-0.1, -0.05) is 47.5 Å². The highest BCUT2D eigenvalue weighted by Gasteiger charge is 2.19. The van der Waals surface area contributed by atoms with Crippen molar-refractivity contribution in [2.45, 2.75) is 19.8 Å². The van der Waals surface area contributed by atoms with Crippen molar-refractivity contribution >= 4 is 28.9 Å².